The third-order valence-electron chi connectivity index (χ3n) is 5.50. The van der Waals surface area contributed by atoms with E-state index in [1.165, 1.54) is 0 Å². The molecule has 0 spiro atoms. The van der Waals surface area contributed by atoms with Crippen molar-refractivity contribution in [1.82, 2.24) is 19.9 Å². The summed E-state index contributed by atoms with van der Waals surface area (Å²) in [4.78, 5) is 33.6. The van der Waals surface area contributed by atoms with Crippen LogP contribution in [0.5, 0.6) is 0 Å². The Balaban J connectivity index is 2.03. The number of carbonyl (C=O) groups excluding carboxylic acids is 2. The molecule has 28 heavy (non-hydrogen) atoms. The van der Waals surface area contributed by atoms with Crippen molar-refractivity contribution in [3.63, 3.8) is 0 Å². The average Bonchev–Trinajstić information content (AvgIpc) is 3.32. The van der Waals surface area contributed by atoms with Crippen molar-refractivity contribution < 1.29 is 9.59 Å². The lowest BCUT2D eigenvalue weighted by atomic mass is 9.97. The number of aromatic amines is 1. The van der Waals surface area contributed by atoms with Gasteiger partial charge in [0.25, 0.3) is 11.8 Å². The fourth-order valence-electron chi connectivity index (χ4n) is 4.51. The van der Waals surface area contributed by atoms with Crippen LogP contribution in [-0.2, 0) is 6.54 Å². The maximum Gasteiger partial charge on any atom is 0.259 e. The normalized spacial score (nSPS) is 13.7. The molecule has 1 aliphatic rings. The van der Waals surface area contributed by atoms with Gasteiger partial charge in [-0.25, -0.2) is 4.98 Å². The third kappa shape index (κ3) is 1.65. The summed E-state index contributed by atoms with van der Waals surface area (Å²) in [7, 11) is 0. The molecule has 0 fully saturated rings. The molecule has 2 aromatic carbocycles. The van der Waals surface area contributed by atoms with Crippen molar-refractivity contribution in [3.8, 4) is 0 Å². The SMILES string of the molecule is C=CCn1c2ncccc2c2c3c(c4c5ccccc5[nH]c4c21)C(=O)NC3=O. The van der Waals surface area contributed by atoms with Gasteiger partial charge in [0.1, 0.15) is 5.65 Å². The molecule has 134 valence electrons. The highest BCUT2D eigenvalue weighted by atomic mass is 16.2. The zero-order chi connectivity index (χ0) is 19.0. The number of imide groups is 1. The monoisotopic (exact) mass is 366 g/mol. The van der Waals surface area contributed by atoms with Crippen molar-refractivity contribution in [1.29, 1.82) is 0 Å². The Morgan fingerprint density at radius 2 is 1.75 bits per heavy atom. The number of carbonyl (C=O) groups is 2. The van der Waals surface area contributed by atoms with Crippen molar-refractivity contribution in [2.24, 2.45) is 0 Å². The quantitative estimate of drug-likeness (QED) is 0.367. The summed E-state index contributed by atoms with van der Waals surface area (Å²) in [6, 6.07) is 11.6. The molecule has 6 heteroatoms. The van der Waals surface area contributed by atoms with Gasteiger partial charge in [-0.05, 0) is 18.2 Å². The lowest BCUT2D eigenvalue weighted by Crippen LogP contribution is -2.20. The van der Waals surface area contributed by atoms with Crippen molar-refractivity contribution in [2.45, 2.75) is 6.54 Å². The van der Waals surface area contributed by atoms with Crippen LogP contribution in [0.25, 0.3) is 43.7 Å². The van der Waals surface area contributed by atoms with Gasteiger partial charge in [-0.15, -0.1) is 6.58 Å². The van der Waals surface area contributed by atoms with E-state index in [9.17, 15) is 9.59 Å². The molecule has 0 atom stereocenters. The van der Waals surface area contributed by atoms with Gasteiger partial charge in [0.15, 0.2) is 0 Å². The summed E-state index contributed by atoms with van der Waals surface area (Å²) in [5.74, 6) is -0.719. The molecule has 2 amide bonds. The van der Waals surface area contributed by atoms with E-state index in [0.717, 1.165) is 43.7 Å². The minimum absolute atomic E-state index is 0.356. The number of H-pyrrole nitrogens is 1. The van der Waals surface area contributed by atoms with Gasteiger partial charge in [-0.1, -0.05) is 24.3 Å². The van der Waals surface area contributed by atoms with E-state index in [-0.39, 0.29) is 11.8 Å². The molecule has 1 aliphatic heterocycles. The van der Waals surface area contributed by atoms with E-state index in [1.54, 1.807) is 12.3 Å². The summed E-state index contributed by atoms with van der Waals surface area (Å²) in [5.41, 5.74) is 4.24. The van der Waals surface area contributed by atoms with Gasteiger partial charge in [-0.2, -0.15) is 0 Å². The second kappa shape index (κ2) is 5.07. The summed E-state index contributed by atoms with van der Waals surface area (Å²) in [6.07, 6.45) is 3.54. The fourth-order valence-corrected chi connectivity index (χ4v) is 4.51. The number of nitrogens with one attached hydrogen (secondary N) is 2. The van der Waals surface area contributed by atoms with Gasteiger partial charge in [0.05, 0.1) is 22.2 Å². The Morgan fingerprint density at radius 1 is 1.00 bits per heavy atom. The first kappa shape index (κ1) is 15.2. The van der Waals surface area contributed by atoms with Crippen molar-refractivity contribution in [2.75, 3.05) is 0 Å². The minimum atomic E-state index is -0.362. The second-order valence-electron chi connectivity index (χ2n) is 6.95. The van der Waals surface area contributed by atoms with Gasteiger partial charge in [0.2, 0.25) is 0 Å². The van der Waals surface area contributed by atoms with E-state index in [2.05, 4.69) is 21.9 Å². The first-order chi connectivity index (χ1) is 13.7. The summed E-state index contributed by atoms with van der Waals surface area (Å²) < 4.78 is 2.05. The average molecular weight is 366 g/mol. The van der Waals surface area contributed by atoms with E-state index in [4.69, 9.17) is 0 Å². The smallest absolute Gasteiger partial charge is 0.259 e. The number of nitrogens with zero attached hydrogens (tertiary/aromatic N) is 2. The number of hydrogen-bond acceptors (Lipinski definition) is 3. The number of allylic oxidation sites excluding steroid dienone is 1. The van der Waals surface area contributed by atoms with Crippen molar-refractivity contribution in [3.05, 3.63) is 66.4 Å². The summed E-state index contributed by atoms with van der Waals surface area (Å²) >= 11 is 0. The molecule has 0 saturated heterocycles. The Hall–Kier alpha value is -3.93. The third-order valence-corrected chi connectivity index (χ3v) is 5.50. The zero-order valence-corrected chi connectivity index (χ0v) is 14.7. The first-order valence-corrected chi connectivity index (χ1v) is 9.00. The number of pyridine rings is 1. The van der Waals surface area contributed by atoms with Crippen LogP contribution < -0.4 is 5.32 Å². The second-order valence-corrected chi connectivity index (χ2v) is 6.95. The predicted molar refractivity (Wildman–Crippen MR) is 109 cm³/mol. The highest BCUT2D eigenvalue weighted by molar-refractivity contribution is 6.39. The topological polar surface area (TPSA) is 79.8 Å². The van der Waals surface area contributed by atoms with E-state index in [0.29, 0.717) is 17.7 Å². The number of rotatable bonds is 2. The van der Waals surface area contributed by atoms with Crippen LogP contribution in [0.3, 0.4) is 0 Å². The number of benzene rings is 2. The highest BCUT2D eigenvalue weighted by Crippen LogP contribution is 2.42. The van der Waals surface area contributed by atoms with Gasteiger partial charge >= 0.3 is 0 Å². The zero-order valence-electron chi connectivity index (χ0n) is 14.7. The largest absolute Gasteiger partial charge is 0.353 e. The molecule has 0 aliphatic carbocycles. The van der Waals surface area contributed by atoms with E-state index >= 15 is 0 Å². The molecule has 6 nitrogen and oxygen atoms in total. The summed E-state index contributed by atoms with van der Waals surface area (Å²) in [6.45, 7) is 4.42. The predicted octanol–water partition coefficient (Wildman–Crippen LogP) is 3.89. The molecule has 2 N–H and O–H groups in total. The maximum atomic E-state index is 12.8. The molecule has 0 unspecified atom stereocenters. The fraction of sp³-hybridized carbons (Fsp3) is 0.0455. The Kier molecular flexibility index (Phi) is 2.75. The number of fused-ring (bicyclic) bond motifs is 10. The molecule has 6 rings (SSSR count). The molecule has 4 heterocycles. The van der Waals surface area contributed by atoms with Crippen LogP contribution in [0.1, 0.15) is 20.7 Å². The Morgan fingerprint density at radius 3 is 2.57 bits per heavy atom. The molecule has 3 aromatic heterocycles. The van der Waals surface area contributed by atoms with Crippen molar-refractivity contribution >= 4 is 55.6 Å². The van der Waals surface area contributed by atoms with Crippen LogP contribution in [0.4, 0.5) is 0 Å². The molecule has 0 radical (unpaired) electrons. The number of aromatic nitrogens is 3. The van der Waals surface area contributed by atoms with E-state index in [1.807, 2.05) is 41.0 Å². The molecule has 5 aromatic rings. The Labute approximate surface area is 158 Å². The molecule has 0 saturated carbocycles. The minimum Gasteiger partial charge on any atom is -0.353 e. The van der Waals surface area contributed by atoms with Crippen LogP contribution in [-0.4, -0.2) is 26.3 Å². The standard InChI is InChI=1S/C22H14N4O2/c1-2-10-26-19-15(12-7-5-9-23-20(12)26)17-16(21(27)25-22(17)28)14-11-6-3-4-8-13(11)24-18(14)19/h2-9,24H,1,10H2,(H,25,27,28). The Bertz CT molecular complexity index is 1520. The lowest BCUT2D eigenvalue weighted by Gasteiger charge is -2.06. The lowest BCUT2D eigenvalue weighted by molar-refractivity contribution is 0.0880. The molecule has 0 bridgehead atoms. The van der Waals surface area contributed by atoms with E-state index < -0.39 is 0 Å². The summed E-state index contributed by atoms with van der Waals surface area (Å²) in [5, 5.41) is 5.78. The van der Waals surface area contributed by atoms with Gasteiger partial charge < -0.3 is 9.55 Å². The molecular weight excluding hydrogens is 352 g/mol. The number of hydrogen-bond donors (Lipinski definition) is 2. The first-order valence-electron chi connectivity index (χ1n) is 9.00. The maximum absolute atomic E-state index is 12.8. The molecular formula is C22H14N4O2. The van der Waals surface area contributed by atoms with Gasteiger partial charge in [-0.3, -0.25) is 14.9 Å². The van der Waals surface area contributed by atoms with Gasteiger partial charge in [0, 0.05) is 39.8 Å². The van der Waals surface area contributed by atoms with Crippen LogP contribution in [0.15, 0.2) is 55.3 Å². The van der Waals surface area contributed by atoms with Crippen LogP contribution >= 0.6 is 0 Å². The number of para-hydroxylation sites is 1. The van der Waals surface area contributed by atoms with Crippen LogP contribution in [0, 0.1) is 0 Å². The highest BCUT2D eigenvalue weighted by Gasteiger charge is 2.35. The number of amides is 2. The van der Waals surface area contributed by atoms with Crippen LogP contribution in [0.2, 0.25) is 0 Å².